The Hall–Kier alpha value is -4.10. The Kier molecular flexibility index (Phi) is 4.42. The highest BCUT2D eigenvalue weighted by Crippen LogP contribution is 2.31. The monoisotopic (exact) mass is 393 g/mol. The highest BCUT2D eigenvalue weighted by Gasteiger charge is 2.19. The number of pyridine rings is 3. The second-order valence-corrected chi connectivity index (χ2v) is 6.84. The largest absolute Gasteiger partial charge is 0.383 e. The van der Waals surface area contributed by atoms with E-state index in [2.05, 4.69) is 9.97 Å². The molecule has 4 N–H and O–H groups in total. The lowest BCUT2D eigenvalue weighted by atomic mass is 10.1. The minimum absolute atomic E-state index is 0.399. The molecule has 0 aliphatic heterocycles. The molecule has 7 nitrogen and oxygen atoms in total. The van der Waals surface area contributed by atoms with Crippen LogP contribution in [-0.4, -0.2) is 24.5 Å². The van der Waals surface area contributed by atoms with Crippen molar-refractivity contribution < 1.29 is 0 Å². The maximum absolute atomic E-state index is 6.17. The molecular weight excluding hydrogens is 374 g/mol. The van der Waals surface area contributed by atoms with Crippen molar-refractivity contribution in [2.75, 3.05) is 5.73 Å². The van der Waals surface area contributed by atoms with Crippen LogP contribution in [0.1, 0.15) is 5.56 Å². The van der Waals surface area contributed by atoms with Crippen LogP contribution < -0.4 is 11.5 Å². The number of rotatable bonds is 4. The van der Waals surface area contributed by atoms with Gasteiger partial charge in [0.1, 0.15) is 17.2 Å². The number of anilines is 1. The van der Waals surface area contributed by atoms with Crippen molar-refractivity contribution in [1.82, 2.24) is 24.5 Å². The Bertz CT molecular complexity index is 1330. The third-order valence-electron chi connectivity index (χ3n) is 4.93. The number of nitrogens with two attached hydrogens (primary N) is 2. The lowest BCUT2D eigenvalue weighted by Crippen LogP contribution is -2.05. The summed E-state index contributed by atoms with van der Waals surface area (Å²) in [5.74, 6) is 1.72. The number of aromatic nitrogens is 5. The predicted molar refractivity (Wildman–Crippen MR) is 118 cm³/mol. The number of benzene rings is 1. The van der Waals surface area contributed by atoms with Crippen LogP contribution in [0.4, 0.5) is 5.82 Å². The Balaban J connectivity index is 1.79. The molecule has 1 aromatic carbocycles. The smallest absolute Gasteiger partial charge is 0.166 e. The maximum Gasteiger partial charge on any atom is 0.166 e. The van der Waals surface area contributed by atoms with Gasteiger partial charge in [-0.1, -0.05) is 36.4 Å². The summed E-state index contributed by atoms with van der Waals surface area (Å²) in [5, 5.41) is 0. The van der Waals surface area contributed by atoms with Crippen LogP contribution in [0.25, 0.3) is 39.6 Å². The standard InChI is InChI=1S/C23H19N7/c24-13-15-8-11-20(27-14-15)30-22(17-7-4-12-26-21(17)25)29-19-10-9-18(28-23(19)30)16-5-2-1-3-6-16/h1-12,14H,13,24H2,(H2,25,26). The molecule has 0 atom stereocenters. The Morgan fingerprint density at radius 2 is 1.70 bits per heavy atom. The highest BCUT2D eigenvalue weighted by atomic mass is 15.2. The molecule has 5 aromatic rings. The van der Waals surface area contributed by atoms with Gasteiger partial charge in [-0.25, -0.2) is 19.9 Å². The molecule has 7 heteroatoms. The summed E-state index contributed by atoms with van der Waals surface area (Å²) >= 11 is 0. The zero-order valence-corrected chi connectivity index (χ0v) is 16.1. The van der Waals surface area contributed by atoms with Gasteiger partial charge in [0, 0.05) is 24.5 Å². The molecule has 30 heavy (non-hydrogen) atoms. The molecule has 0 bridgehead atoms. The van der Waals surface area contributed by atoms with E-state index in [0.717, 1.165) is 27.9 Å². The summed E-state index contributed by atoms with van der Waals surface area (Å²) in [6.45, 7) is 0.427. The predicted octanol–water partition coefficient (Wildman–Crippen LogP) is 3.59. The molecule has 0 aliphatic rings. The van der Waals surface area contributed by atoms with Crippen LogP contribution in [0.2, 0.25) is 0 Å². The number of nitrogen functional groups attached to an aromatic ring is 1. The minimum atomic E-state index is 0.399. The highest BCUT2D eigenvalue weighted by molar-refractivity contribution is 5.84. The van der Waals surface area contributed by atoms with Crippen LogP contribution >= 0.6 is 0 Å². The molecule has 4 aromatic heterocycles. The van der Waals surface area contributed by atoms with Gasteiger partial charge >= 0.3 is 0 Å². The van der Waals surface area contributed by atoms with Gasteiger partial charge in [-0.3, -0.25) is 4.57 Å². The van der Waals surface area contributed by atoms with E-state index in [-0.39, 0.29) is 0 Å². The number of imidazole rings is 1. The van der Waals surface area contributed by atoms with Crippen molar-refractivity contribution in [3.63, 3.8) is 0 Å². The van der Waals surface area contributed by atoms with Gasteiger partial charge in [-0.2, -0.15) is 0 Å². The zero-order chi connectivity index (χ0) is 20.5. The first kappa shape index (κ1) is 18.0. The van der Waals surface area contributed by atoms with Gasteiger partial charge < -0.3 is 11.5 Å². The number of fused-ring (bicyclic) bond motifs is 1. The minimum Gasteiger partial charge on any atom is -0.383 e. The first-order valence-electron chi connectivity index (χ1n) is 9.56. The second-order valence-electron chi connectivity index (χ2n) is 6.84. The quantitative estimate of drug-likeness (QED) is 0.483. The maximum atomic E-state index is 6.17. The first-order valence-corrected chi connectivity index (χ1v) is 9.56. The SMILES string of the molecule is NCc1ccc(-n2c(-c3cccnc3N)nc3ccc(-c4ccccc4)nc32)nc1. The Morgan fingerprint density at radius 3 is 2.43 bits per heavy atom. The summed E-state index contributed by atoms with van der Waals surface area (Å²) in [7, 11) is 0. The van der Waals surface area contributed by atoms with E-state index in [0.29, 0.717) is 29.7 Å². The van der Waals surface area contributed by atoms with E-state index in [9.17, 15) is 0 Å². The first-order chi connectivity index (χ1) is 14.7. The summed E-state index contributed by atoms with van der Waals surface area (Å²) in [6.07, 6.45) is 3.42. The van der Waals surface area contributed by atoms with Gasteiger partial charge in [0.05, 0.1) is 11.3 Å². The lowest BCUT2D eigenvalue weighted by Gasteiger charge is -2.10. The average Bonchev–Trinajstić information content (AvgIpc) is 3.18. The van der Waals surface area contributed by atoms with Crippen molar-refractivity contribution in [2.45, 2.75) is 6.54 Å². The molecule has 0 saturated carbocycles. The van der Waals surface area contributed by atoms with Crippen molar-refractivity contribution in [3.05, 3.63) is 84.7 Å². The van der Waals surface area contributed by atoms with E-state index in [1.54, 1.807) is 12.4 Å². The summed E-state index contributed by atoms with van der Waals surface area (Å²) < 4.78 is 1.91. The molecule has 0 fully saturated rings. The van der Waals surface area contributed by atoms with E-state index < -0.39 is 0 Å². The fraction of sp³-hybridized carbons (Fsp3) is 0.0435. The van der Waals surface area contributed by atoms with Crippen LogP contribution in [-0.2, 0) is 6.54 Å². The van der Waals surface area contributed by atoms with E-state index in [1.165, 1.54) is 0 Å². The van der Waals surface area contributed by atoms with Crippen molar-refractivity contribution in [1.29, 1.82) is 0 Å². The summed E-state index contributed by atoms with van der Waals surface area (Å²) in [5.41, 5.74) is 16.9. The van der Waals surface area contributed by atoms with Gasteiger partial charge in [-0.05, 0) is 35.9 Å². The number of hydrogen-bond acceptors (Lipinski definition) is 6. The third kappa shape index (κ3) is 3.07. The molecular formula is C23H19N7. The summed E-state index contributed by atoms with van der Waals surface area (Å²) in [4.78, 5) is 18.6. The van der Waals surface area contributed by atoms with Crippen molar-refractivity contribution in [2.24, 2.45) is 5.73 Å². The molecule has 0 amide bonds. The third-order valence-corrected chi connectivity index (χ3v) is 4.93. The average molecular weight is 393 g/mol. The molecule has 0 aliphatic carbocycles. The van der Waals surface area contributed by atoms with Gasteiger partial charge in [0.2, 0.25) is 0 Å². The van der Waals surface area contributed by atoms with Crippen LogP contribution in [0, 0.1) is 0 Å². The molecule has 0 saturated heterocycles. The number of hydrogen-bond donors (Lipinski definition) is 2. The topological polar surface area (TPSA) is 109 Å². The molecule has 0 spiro atoms. The molecule has 146 valence electrons. The van der Waals surface area contributed by atoms with Crippen LogP contribution in [0.3, 0.4) is 0 Å². The summed E-state index contributed by atoms with van der Waals surface area (Å²) in [6, 6.07) is 21.6. The lowest BCUT2D eigenvalue weighted by molar-refractivity contribution is 0.984. The van der Waals surface area contributed by atoms with E-state index in [1.807, 2.05) is 71.3 Å². The molecule has 0 unspecified atom stereocenters. The van der Waals surface area contributed by atoms with Crippen LogP contribution in [0.15, 0.2) is 79.1 Å². The van der Waals surface area contributed by atoms with E-state index in [4.69, 9.17) is 21.4 Å². The Morgan fingerprint density at radius 1 is 0.833 bits per heavy atom. The van der Waals surface area contributed by atoms with Crippen LogP contribution in [0.5, 0.6) is 0 Å². The van der Waals surface area contributed by atoms with Gasteiger partial charge in [-0.15, -0.1) is 0 Å². The van der Waals surface area contributed by atoms with Crippen molar-refractivity contribution in [3.8, 4) is 28.5 Å². The van der Waals surface area contributed by atoms with E-state index >= 15 is 0 Å². The fourth-order valence-corrected chi connectivity index (χ4v) is 3.40. The van der Waals surface area contributed by atoms with Gasteiger partial charge in [0.25, 0.3) is 0 Å². The Labute approximate surface area is 173 Å². The molecule has 0 radical (unpaired) electrons. The molecule has 4 heterocycles. The second kappa shape index (κ2) is 7.38. The van der Waals surface area contributed by atoms with Crippen molar-refractivity contribution >= 4 is 17.0 Å². The van der Waals surface area contributed by atoms with Gasteiger partial charge in [0.15, 0.2) is 11.5 Å². The zero-order valence-electron chi connectivity index (χ0n) is 16.1. The normalized spacial score (nSPS) is 11.1. The molecule has 5 rings (SSSR count). The fourth-order valence-electron chi connectivity index (χ4n) is 3.40. The number of nitrogens with zero attached hydrogens (tertiary/aromatic N) is 5.